The first kappa shape index (κ1) is 25.0. The maximum Gasteiger partial charge on any atom is 0.333 e. The second-order valence-electron chi connectivity index (χ2n) is 7.45. The third kappa shape index (κ3) is 6.11. The lowest BCUT2D eigenvalue weighted by atomic mass is 9.96. The molecule has 0 aliphatic heterocycles. The van der Waals surface area contributed by atoms with Crippen molar-refractivity contribution >= 4 is 40.3 Å². The van der Waals surface area contributed by atoms with Gasteiger partial charge in [0, 0.05) is 29.8 Å². The molecule has 32 heavy (non-hydrogen) atoms. The van der Waals surface area contributed by atoms with E-state index in [2.05, 4.69) is 21.2 Å². The molecule has 168 valence electrons. The van der Waals surface area contributed by atoms with Crippen LogP contribution in [0.15, 0.2) is 47.1 Å². The highest BCUT2D eigenvalue weighted by Crippen LogP contribution is 2.24. The van der Waals surface area contributed by atoms with Crippen molar-refractivity contribution in [3.05, 3.63) is 47.7 Å². The first-order chi connectivity index (χ1) is 15.1. The molecule has 0 spiro atoms. The smallest absolute Gasteiger partial charge is 0.333 e. The number of fused-ring (bicyclic) bond motifs is 1. The zero-order valence-electron chi connectivity index (χ0n) is 19.1. The van der Waals surface area contributed by atoms with Gasteiger partial charge in [0.05, 0.1) is 23.9 Å². The lowest BCUT2D eigenvalue weighted by Gasteiger charge is -2.29. The number of aromatic nitrogens is 1. The second kappa shape index (κ2) is 10.8. The van der Waals surface area contributed by atoms with E-state index in [1.165, 1.54) is 18.9 Å². The highest BCUT2D eigenvalue weighted by Gasteiger charge is 2.30. The Labute approximate surface area is 192 Å². The van der Waals surface area contributed by atoms with E-state index in [9.17, 15) is 9.59 Å². The molecule has 1 N–H and O–H groups in total. The molecule has 7 nitrogen and oxygen atoms in total. The molecule has 0 bridgehead atoms. The van der Waals surface area contributed by atoms with E-state index in [1.54, 1.807) is 58.5 Å². The molecule has 1 amide bonds. The summed E-state index contributed by atoms with van der Waals surface area (Å²) in [5, 5.41) is 3.77. The van der Waals surface area contributed by atoms with Gasteiger partial charge in [0.1, 0.15) is 5.75 Å². The van der Waals surface area contributed by atoms with Gasteiger partial charge < -0.3 is 14.8 Å². The summed E-state index contributed by atoms with van der Waals surface area (Å²) in [6, 6.07) is 7.21. The van der Waals surface area contributed by atoms with Gasteiger partial charge in [-0.15, -0.1) is 18.2 Å². The number of thioether (sulfide) groups is 1. The molecule has 0 aliphatic carbocycles. The molecule has 1 heterocycles. The van der Waals surface area contributed by atoms with Crippen molar-refractivity contribution in [1.29, 1.82) is 0 Å². The fraction of sp³-hybridized carbons (Fsp3) is 0.333. The summed E-state index contributed by atoms with van der Waals surface area (Å²) in [6.07, 6.45) is 10.5. The number of methoxy groups -OCH3 is 1. The van der Waals surface area contributed by atoms with Crippen LogP contribution in [0.1, 0.15) is 26.3 Å². The standard InChI is InChI=1S/C24H27N3O4S/c1-8-16-12-17-13-18(9-10-19(17)26-14-16)31-23(32-7)21(28)27-24(3,4)20(25-5)11-15(2)22(29)30-6/h1,9-14,23H,2-7H3,(H,27,28). The van der Waals surface area contributed by atoms with Crippen molar-refractivity contribution < 1.29 is 19.1 Å². The summed E-state index contributed by atoms with van der Waals surface area (Å²) in [7, 11) is 2.91. The molecular formula is C24H27N3O4S. The molecule has 1 aromatic heterocycles. The summed E-state index contributed by atoms with van der Waals surface area (Å²) in [5.41, 5.74) is 0.681. The number of nitrogens with one attached hydrogen (secondary N) is 1. The number of amides is 1. The molecule has 8 heteroatoms. The number of terminal acetylenes is 1. The van der Waals surface area contributed by atoms with Crippen LogP contribution in [0.2, 0.25) is 0 Å². The van der Waals surface area contributed by atoms with Crippen LogP contribution in [-0.2, 0) is 14.3 Å². The van der Waals surface area contributed by atoms with Crippen molar-refractivity contribution in [2.24, 2.45) is 4.99 Å². The predicted octanol–water partition coefficient (Wildman–Crippen LogP) is 3.37. The van der Waals surface area contributed by atoms with Gasteiger partial charge >= 0.3 is 5.97 Å². The molecule has 0 saturated heterocycles. The second-order valence-corrected chi connectivity index (χ2v) is 8.35. The lowest BCUT2D eigenvalue weighted by Crippen LogP contribution is -2.52. The topological polar surface area (TPSA) is 89.9 Å². The number of carbonyl (C=O) groups is 2. The normalized spacial score (nSPS) is 13.3. The quantitative estimate of drug-likeness (QED) is 0.217. The number of hydrogen-bond acceptors (Lipinski definition) is 7. The number of rotatable bonds is 8. The number of ether oxygens (including phenoxy) is 2. The minimum Gasteiger partial charge on any atom is -0.470 e. The molecule has 1 unspecified atom stereocenters. The summed E-state index contributed by atoms with van der Waals surface area (Å²) in [5.74, 6) is 2.29. The number of carbonyl (C=O) groups excluding carboxylic acids is 2. The molecule has 0 saturated carbocycles. The van der Waals surface area contributed by atoms with E-state index >= 15 is 0 Å². The van der Waals surface area contributed by atoms with E-state index in [1.807, 2.05) is 12.1 Å². The van der Waals surface area contributed by atoms with Crippen molar-refractivity contribution in [3.63, 3.8) is 0 Å². The summed E-state index contributed by atoms with van der Waals surface area (Å²) in [4.78, 5) is 33.3. The number of nitrogens with zero attached hydrogens (tertiary/aromatic N) is 2. The summed E-state index contributed by atoms with van der Waals surface area (Å²) in [6.45, 7) is 5.23. The van der Waals surface area contributed by atoms with Crippen LogP contribution >= 0.6 is 11.8 Å². The number of hydrogen-bond donors (Lipinski definition) is 1. The van der Waals surface area contributed by atoms with Crippen molar-refractivity contribution in [2.45, 2.75) is 31.7 Å². The summed E-state index contributed by atoms with van der Waals surface area (Å²) >= 11 is 1.26. The van der Waals surface area contributed by atoms with Crippen LogP contribution in [0.4, 0.5) is 0 Å². The van der Waals surface area contributed by atoms with Gasteiger partial charge in [-0.25, -0.2) is 4.79 Å². The van der Waals surface area contributed by atoms with Crippen molar-refractivity contribution in [1.82, 2.24) is 10.3 Å². The van der Waals surface area contributed by atoms with Crippen LogP contribution < -0.4 is 10.1 Å². The van der Waals surface area contributed by atoms with Crippen LogP contribution in [0, 0.1) is 12.3 Å². The van der Waals surface area contributed by atoms with Gasteiger partial charge in [-0.05, 0) is 57.4 Å². The zero-order valence-corrected chi connectivity index (χ0v) is 19.9. The Balaban J connectivity index is 2.20. The van der Waals surface area contributed by atoms with Crippen LogP contribution in [0.25, 0.3) is 10.9 Å². The highest BCUT2D eigenvalue weighted by atomic mass is 32.2. The molecule has 0 fully saturated rings. The van der Waals surface area contributed by atoms with Crippen molar-refractivity contribution in [2.75, 3.05) is 20.4 Å². The maximum absolute atomic E-state index is 13.0. The predicted molar refractivity (Wildman–Crippen MR) is 129 cm³/mol. The molecular weight excluding hydrogens is 426 g/mol. The van der Waals surface area contributed by atoms with E-state index in [4.69, 9.17) is 15.9 Å². The van der Waals surface area contributed by atoms with E-state index < -0.39 is 16.9 Å². The van der Waals surface area contributed by atoms with Crippen LogP contribution in [0.3, 0.4) is 0 Å². The van der Waals surface area contributed by atoms with E-state index in [0.717, 1.165) is 10.9 Å². The fourth-order valence-corrected chi connectivity index (χ4v) is 3.45. The average Bonchev–Trinajstić information content (AvgIpc) is 2.78. The first-order valence-electron chi connectivity index (χ1n) is 9.77. The third-order valence-corrected chi connectivity index (χ3v) is 5.41. The van der Waals surface area contributed by atoms with Gasteiger partial charge in [0.25, 0.3) is 5.91 Å². The van der Waals surface area contributed by atoms with Crippen molar-refractivity contribution in [3.8, 4) is 18.1 Å². The number of pyridine rings is 1. The zero-order chi connectivity index (χ0) is 23.9. The van der Waals surface area contributed by atoms with Gasteiger partial charge in [-0.3, -0.25) is 14.8 Å². The monoisotopic (exact) mass is 453 g/mol. The molecule has 2 rings (SSSR count). The van der Waals surface area contributed by atoms with Crippen LogP contribution in [-0.4, -0.2) is 54.0 Å². The van der Waals surface area contributed by atoms with Gasteiger partial charge in [-0.2, -0.15) is 0 Å². The average molecular weight is 454 g/mol. The maximum atomic E-state index is 13.0. The van der Waals surface area contributed by atoms with Gasteiger partial charge in [0.2, 0.25) is 5.44 Å². The van der Waals surface area contributed by atoms with Gasteiger partial charge in [-0.1, -0.05) is 5.92 Å². The Kier molecular flexibility index (Phi) is 8.44. The number of esters is 1. The molecule has 2 aromatic rings. The lowest BCUT2D eigenvalue weighted by molar-refractivity contribution is -0.136. The summed E-state index contributed by atoms with van der Waals surface area (Å²) < 4.78 is 10.7. The molecule has 0 radical (unpaired) electrons. The Morgan fingerprint density at radius 2 is 2.06 bits per heavy atom. The number of aliphatic imine (C=N–C) groups is 1. The highest BCUT2D eigenvalue weighted by molar-refractivity contribution is 7.99. The van der Waals surface area contributed by atoms with E-state index in [-0.39, 0.29) is 5.91 Å². The number of benzene rings is 1. The third-order valence-electron chi connectivity index (χ3n) is 4.67. The Bertz CT molecular complexity index is 1120. The molecule has 1 aromatic carbocycles. The van der Waals surface area contributed by atoms with Crippen LogP contribution in [0.5, 0.6) is 5.75 Å². The minimum atomic E-state index is -0.854. The minimum absolute atomic E-state index is 0.330. The Hall–Kier alpha value is -3.31. The first-order valence-corrected chi connectivity index (χ1v) is 11.1. The van der Waals surface area contributed by atoms with Gasteiger partial charge in [0.15, 0.2) is 0 Å². The SMILES string of the molecule is C#Cc1cnc2ccc(OC(SC)C(=O)NC(C)(C)C(C=C(C)C(=O)OC)=NC)cc2c1. The fourth-order valence-electron chi connectivity index (χ4n) is 2.97. The van der Waals surface area contributed by atoms with E-state index in [0.29, 0.717) is 22.6 Å². The molecule has 1 atom stereocenters. The Morgan fingerprint density at radius 3 is 2.66 bits per heavy atom. The molecule has 0 aliphatic rings. The Morgan fingerprint density at radius 1 is 1.34 bits per heavy atom. The largest absolute Gasteiger partial charge is 0.470 e.